The van der Waals surface area contributed by atoms with Gasteiger partial charge in [-0.3, -0.25) is 9.59 Å². The summed E-state index contributed by atoms with van der Waals surface area (Å²) in [4.78, 5) is 32.9. The molecule has 0 heterocycles. The smallest absolute Gasteiger partial charge is 0.550 e. The van der Waals surface area contributed by atoms with Gasteiger partial charge in [0.05, 0.1) is 17.3 Å². The van der Waals surface area contributed by atoms with E-state index >= 15 is 0 Å². The number of nitrogens with one attached hydrogen (secondary N) is 1. The first-order valence-electron chi connectivity index (χ1n) is 7.78. The second kappa shape index (κ2) is 13.8. The molecule has 1 saturated carbocycles. The minimum absolute atomic E-state index is 0. The summed E-state index contributed by atoms with van der Waals surface area (Å²) in [6.07, 6.45) is 0.985. The van der Waals surface area contributed by atoms with Crippen LogP contribution in [-0.2, 0) is 46.8 Å². The zero-order valence-corrected chi connectivity index (χ0v) is 25.0. The number of carbonyl (C=O) groups is 3. The Bertz CT molecular complexity index is 480. The fourth-order valence-electron chi connectivity index (χ4n) is 2.83. The molecule has 1 radical (unpaired) electrons. The van der Waals surface area contributed by atoms with Crippen molar-refractivity contribution < 1.29 is 86.6 Å². The maximum Gasteiger partial charge on any atom is 1.00 e. The molecule has 1 rings (SSSR count). The Morgan fingerprint density at radius 3 is 2.12 bits per heavy atom. The van der Waals surface area contributed by atoms with Gasteiger partial charge in [0.15, 0.2) is 0 Å². The Morgan fingerprint density at radius 1 is 1.35 bits per heavy atom. The number of carbonyl (C=O) groups excluding carboxylic acids is 2. The summed E-state index contributed by atoms with van der Waals surface area (Å²) in [7, 11) is 1.59. The Labute approximate surface area is 203 Å². The summed E-state index contributed by atoms with van der Waals surface area (Å²) in [6.45, 7) is 7.80. The SMILES string of the molecule is COC(C)CNC(=O)C1(C)CCC(C(=O)[O-])C1(C)C.O=C(O)CS.[Hg+].[Na+]. The Morgan fingerprint density at radius 2 is 1.81 bits per heavy atom. The van der Waals surface area contributed by atoms with E-state index in [2.05, 4.69) is 17.9 Å². The molecule has 0 saturated heterocycles. The Balaban J connectivity index is -0.000000668. The van der Waals surface area contributed by atoms with Crippen LogP contribution in [0.25, 0.3) is 0 Å². The molecule has 1 aliphatic rings. The van der Waals surface area contributed by atoms with Crippen LogP contribution < -0.4 is 40.0 Å². The van der Waals surface area contributed by atoms with Gasteiger partial charge in [-0.25, -0.2) is 0 Å². The van der Waals surface area contributed by atoms with Crippen molar-refractivity contribution in [3.05, 3.63) is 0 Å². The number of methoxy groups -OCH3 is 1. The molecular formula is C16H28HgNNaO6S+. The van der Waals surface area contributed by atoms with Crippen LogP contribution in [0.1, 0.15) is 40.5 Å². The number of amides is 1. The molecule has 0 aromatic carbocycles. The monoisotopic (exact) mass is 587 g/mol. The molecule has 0 aromatic heterocycles. The van der Waals surface area contributed by atoms with Crippen molar-refractivity contribution in [3.63, 3.8) is 0 Å². The normalized spacial score (nSPS) is 24.0. The first-order valence-corrected chi connectivity index (χ1v) is 8.41. The number of ether oxygens (including phenoxy) is 1. The van der Waals surface area contributed by atoms with Crippen molar-refractivity contribution in [2.45, 2.75) is 46.6 Å². The van der Waals surface area contributed by atoms with Crippen LogP contribution in [0.3, 0.4) is 0 Å². The van der Waals surface area contributed by atoms with Gasteiger partial charge in [0.25, 0.3) is 0 Å². The van der Waals surface area contributed by atoms with E-state index in [-0.39, 0.29) is 75.0 Å². The molecule has 0 aliphatic heterocycles. The first-order chi connectivity index (χ1) is 10.9. The molecule has 7 nitrogen and oxygen atoms in total. The van der Waals surface area contributed by atoms with E-state index in [1.165, 1.54) is 0 Å². The molecule has 3 unspecified atom stereocenters. The van der Waals surface area contributed by atoms with Crippen LogP contribution in [-0.4, -0.2) is 48.5 Å². The minimum Gasteiger partial charge on any atom is -0.550 e. The van der Waals surface area contributed by atoms with Crippen molar-refractivity contribution in [1.29, 1.82) is 0 Å². The first kappa shape index (κ1) is 31.4. The van der Waals surface area contributed by atoms with E-state index in [1.807, 2.05) is 27.7 Å². The number of carboxylic acid groups (broad SMARTS) is 2. The van der Waals surface area contributed by atoms with Crippen LogP contribution >= 0.6 is 12.6 Å². The number of hydrogen-bond acceptors (Lipinski definition) is 6. The maximum absolute atomic E-state index is 12.4. The number of rotatable bonds is 6. The van der Waals surface area contributed by atoms with E-state index in [0.717, 1.165) is 0 Å². The predicted molar refractivity (Wildman–Crippen MR) is 90.6 cm³/mol. The maximum atomic E-state index is 12.4. The van der Waals surface area contributed by atoms with Crippen molar-refractivity contribution in [3.8, 4) is 0 Å². The van der Waals surface area contributed by atoms with Gasteiger partial charge in [0, 0.05) is 25.5 Å². The van der Waals surface area contributed by atoms with E-state index < -0.39 is 28.7 Å². The second-order valence-electron chi connectivity index (χ2n) is 6.77. The molecular weight excluding hydrogens is 558 g/mol. The fraction of sp³-hybridized carbons (Fsp3) is 0.812. The largest absolute Gasteiger partial charge is 1.00 e. The third-order valence-electron chi connectivity index (χ3n) is 5.10. The molecule has 0 aromatic rings. The number of thiol groups is 1. The number of hydrogen-bond donors (Lipinski definition) is 3. The summed E-state index contributed by atoms with van der Waals surface area (Å²) in [5.41, 5.74) is -1.31. The fourth-order valence-corrected chi connectivity index (χ4v) is 2.83. The van der Waals surface area contributed by atoms with Gasteiger partial charge >= 0.3 is 63.2 Å². The molecule has 1 amide bonds. The third kappa shape index (κ3) is 8.35. The van der Waals surface area contributed by atoms with Gasteiger partial charge in [-0.05, 0) is 25.2 Å². The van der Waals surface area contributed by atoms with Crippen molar-refractivity contribution in [2.24, 2.45) is 16.7 Å². The average Bonchev–Trinajstić information content (AvgIpc) is 2.76. The Kier molecular flexibility index (Phi) is 16.6. The summed E-state index contributed by atoms with van der Waals surface area (Å²) in [5, 5.41) is 21.7. The zero-order valence-electron chi connectivity index (χ0n) is 16.6. The molecule has 0 bridgehead atoms. The van der Waals surface area contributed by atoms with E-state index in [0.29, 0.717) is 19.4 Å². The standard InChI is InChI=1S/C14H25NO4.C2H4O2S.Hg.Na/c1-9(19-5)8-15-12(18)14(4)7-6-10(11(16)17)13(14,2)3;3-2(4)1-5;;/h9-10H,6-8H2,1-5H3,(H,15,18)(H,16,17);5H,1H2,(H,3,4);;/q;;2*+1/p-1. The quantitative estimate of drug-likeness (QED) is 0.231. The topological polar surface area (TPSA) is 116 Å². The second-order valence-corrected chi connectivity index (χ2v) is 7.09. The number of aliphatic carboxylic acids is 2. The van der Waals surface area contributed by atoms with Crippen LogP contribution in [0, 0.1) is 16.7 Å². The van der Waals surface area contributed by atoms with Gasteiger partial charge < -0.3 is 25.1 Å². The van der Waals surface area contributed by atoms with Gasteiger partial charge in [-0.2, -0.15) is 12.6 Å². The van der Waals surface area contributed by atoms with Gasteiger partial charge in [-0.15, -0.1) is 0 Å². The van der Waals surface area contributed by atoms with Crippen LogP contribution in [0.15, 0.2) is 0 Å². The predicted octanol–water partition coefficient (Wildman–Crippen LogP) is -2.67. The summed E-state index contributed by atoms with van der Waals surface area (Å²) in [5.74, 6) is -2.71. The summed E-state index contributed by atoms with van der Waals surface area (Å²) < 4.78 is 5.09. The van der Waals surface area contributed by atoms with E-state index in [4.69, 9.17) is 9.84 Å². The molecule has 10 heteroatoms. The molecule has 2 N–H and O–H groups in total. The van der Waals surface area contributed by atoms with Crippen molar-refractivity contribution in [1.82, 2.24) is 5.32 Å². The van der Waals surface area contributed by atoms with E-state index in [9.17, 15) is 19.5 Å². The van der Waals surface area contributed by atoms with Gasteiger partial charge in [0.1, 0.15) is 0 Å². The number of carboxylic acids is 2. The van der Waals surface area contributed by atoms with Crippen LogP contribution in [0.5, 0.6) is 0 Å². The molecule has 3 atom stereocenters. The molecule has 141 valence electrons. The summed E-state index contributed by atoms with van der Waals surface area (Å²) >= 11 is 3.42. The van der Waals surface area contributed by atoms with Crippen LogP contribution in [0.2, 0.25) is 0 Å². The summed E-state index contributed by atoms with van der Waals surface area (Å²) in [6, 6.07) is 0. The van der Waals surface area contributed by atoms with Gasteiger partial charge in [0.2, 0.25) is 5.91 Å². The third-order valence-corrected chi connectivity index (χ3v) is 5.37. The average molecular weight is 586 g/mol. The molecule has 26 heavy (non-hydrogen) atoms. The Hall–Kier alpha value is 0.655. The van der Waals surface area contributed by atoms with Gasteiger partial charge in [-0.1, -0.05) is 20.8 Å². The van der Waals surface area contributed by atoms with Crippen molar-refractivity contribution >= 4 is 30.5 Å². The van der Waals surface area contributed by atoms with Crippen LogP contribution in [0.4, 0.5) is 0 Å². The molecule has 0 spiro atoms. The van der Waals surface area contributed by atoms with E-state index in [1.54, 1.807) is 7.11 Å². The molecule has 1 aliphatic carbocycles. The van der Waals surface area contributed by atoms with Crippen molar-refractivity contribution in [2.75, 3.05) is 19.4 Å². The molecule has 1 fully saturated rings. The minimum atomic E-state index is -1.06. The zero-order chi connectivity index (χ0) is 19.1.